The Morgan fingerprint density at radius 3 is 2.48 bits per heavy atom. The molecular formula is C30H23FN4O3S2. The number of carbonyl (C=O) groups excluding carboxylic acids is 2. The van der Waals surface area contributed by atoms with Crippen molar-refractivity contribution in [2.24, 2.45) is 0 Å². The number of ether oxygens (including phenoxy) is 1. The maximum absolute atomic E-state index is 15.0. The van der Waals surface area contributed by atoms with Crippen LogP contribution in [0, 0.1) is 12.7 Å². The van der Waals surface area contributed by atoms with E-state index in [4.69, 9.17) is 17.0 Å². The van der Waals surface area contributed by atoms with Crippen molar-refractivity contribution < 1.29 is 18.7 Å². The van der Waals surface area contributed by atoms with E-state index in [0.29, 0.717) is 32.2 Å². The van der Waals surface area contributed by atoms with Gasteiger partial charge >= 0.3 is 0 Å². The van der Waals surface area contributed by atoms with Gasteiger partial charge in [0, 0.05) is 29.6 Å². The standard InChI is InChI=1S/C30H23FN4O3S2/c1-18-7-9-20(10-8-18)29(37)35-27-17-23-28(40-27)25(13-14-32-23)38-24-12-11-21(16-22(24)31)33-30(39)34-26(36)15-19-5-3-2-4-6-19/h2-14,16-17H,15H2,1H3,(H,35,37)(H2,33,34,36,39). The first-order valence-electron chi connectivity index (χ1n) is 12.2. The van der Waals surface area contributed by atoms with Gasteiger partial charge in [-0.15, -0.1) is 11.3 Å². The lowest BCUT2D eigenvalue weighted by molar-refractivity contribution is -0.119. The molecule has 40 heavy (non-hydrogen) atoms. The first-order chi connectivity index (χ1) is 19.3. The van der Waals surface area contributed by atoms with Crippen molar-refractivity contribution in [2.45, 2.75) is 13.3 Å². The molecule has 0 atom stereocenters. The van der Waals surface area contributed by atoms with Gasteiger partial charge in [-0.25, -0.2) is 4.39 Å². The minimum atomic E-state index is -0.627. The summed E-state index contributed by atoms with van der Waals surface area (Å²) in [5, 5.41) is 8.94. The Kier molecular flexibility index (Phi) is 8.09. The number of thiocarbonyl (C=S) groups is 1. The van der Waals surface area contributed by atoms with Crippen LogP contribution in [0.4, 0.5) is 15.1 Å². The highest BCUT2D eigenvalue weighted by atomic mass is 32.1. The zero-order valence-electron chi connectivity index (χ0n) is 21.2. The van der Waals surface area contributed by atoms with E-state index in [0.717, 1.165) is 11.1 Å². The Morgan fingerprint density at radius 1 is 0.950 bits per heavy atom. The summed E-state index contributed by atoms with van der Waals surface area (Å²) in [5.41, 5.74) is 3.42. The van der Waals surface area contributed by atoms with Gasteiger partial charge < -0.3 is 20.7 Å². The summed E-state index contributed by atoms with van der Waals surface area (Å²) < 4.78 is 21.5. The summed E-state index contributed by atoms with van der Waals surface area (Å²) >= 11 is 6.48. The number of thiophene rings is 1. The second-order valence-corrected chi connectivity index (χ2v) is 10.3. The Morgan fingerprint density at radius 2 is 1.73 bits per heavy atom. The third-order valence-corrected chi connectivity index (χ3v) is 7.05. The number of nitrogens with zero attached hydrogens (tertiary/aromatic N) is 1. The largest absolute Gasteiger partial charge is 0.453 e. The predicted molar refractivity (Wildman–Crippen MR) is 160 cm³/mol. The maximum Gasteiger partial charge on any atom is 0.256 e. The molecule has 0 aliphatic carbocycles. The molecule has 5 aromatic rings. The van der Waals surface area contributed by atoms with E-state index in [-0.39, 0.29) is 29.1 Å². The van der Waals surface area contributed by atoms with Gasteiger partial charge in [-0.3, -0.25) is 14.6 Å². The van der Waals surface area contributed by atoms with E-state index < -0.39 is 5.82 Å². The molecule has 2 heterocycles. The third kappa shape index (κ3) is 6.66. The van der Waals surface area contributed by atoms with Crippen LogP contribution in [-0.4, -0.2) is 21.9 Å². The number of aromatic nitrogens is 1. The highest BCUT2D eigenvalue weighted by Gasteiger charge is 2.15. The third-order valence-electron chi connectivity index (χ3n) is 5.80. The van der Waals surface area contributed by atoms with E-state index in [1.54, 1.807) is 36.5 Å². The second-order valence-electron chi connectivity index (χ2n) is 8.87. The van der Waals surface area contributed by atoms with Crippen molar-refractivity contribution in [2.75, 3.05) is 10.6 Å². The molecule has 0 unspecified atom stereocenters. The van der Waals surface area contributed by atoms with Crippen molar-refractivity contribution in [3.63, 3.8) is 0 Å². The fourth-order valence-electron chi connectivity index (χ4n) is 3.84. The van der Waals surface area contributed by atoms with Gasteiger partial charge in [-0.05, 0) is 55.0 Å². The molecule has 0 saturated carbocycles. The van der Waals surface area contributed by atoms with E-state index in [1.807, 2.05) is 49.4 Å². The van der Waals surface area contributed by atoms with Crippen molar-refractivity contribution in [3.05, 3.63) is 114 Å². The van der Waals surface area contributed by atoms with Gasteiger partial charge in [0.15, 0.2) is 16.7 Å². The van der Waals surface area contributed by atoms with Gasteiger partial charge in [-0.2, -0.15) is 0 Å². The first kappa shape index (κ1) is 26.9. The zero-order chi connectivity index (χ0) is 28.1. The van der Waals surface area contributed by atoms with Gasteiger partial charge in [0.1, 0.15) is 5.75 Å². The topological polar surface area (TPSA) is 92.3 Å². The number of nitrogens with one attached hydrogen (secondary N) is 3. The van der Waals surface area contributed by atoms with Gasteiger partial charge in [0.2, 0.25) is 5.91 Å². The minimum Gasteiger partial charge on any atom is -0.453 e. The number of hydrogen-bond donors (Lipinski definition) is 3. The summed E-state index contributed by atoms with van der Waals surface area (Å²) in [6, 6.07) is 24.2. The van der Waals surface area contributed by atoms with Crippen LogP contribution in [-0.2, 0) is 11.2 Å². The van der Waals surface area contributed by atoms with Crippen LogP contribution in [0.5, 0.6) is 11.5 Å². The molecule has 7 nitrogen and oxygen atoms in total. The number of amides is 2. The van der Waals surface area contributed by atoms with Crippen molar-refractivity contribution in [1.82, 2.24) is 10.3 Å². The van der Waals surface area contributed by atoms with Gasteiger partial charge in [-0.1, -0.05) is 48.0 Å². The Hall–Kier alpha value is -4.67. The number of rotatable bonds is 7. The molecule has 10 heteroatoms. The molecule has 2 aromatic heterocycles. The van der Waals surface area contributed by atoms with Crippen molar-refractivity contribution in [1.29, 1.82) is 0 Å². The lowest BCUT2D eigenvalue weighted by atomic mass is 10.1. The van der Waals surface area contributed by atoms with Crippen molar-refractivity contribution in [3.8, 4) is 11.5 Å². The number of benzene rings is 3. The number of fused-ring (bicyclic) bond motifs is 1. The van der Waals surface area contributed by atoms with E-state index >= 15 is 0 Å². The quantitative estimate of drug-likeness (QED) is 0.186. The molecule has 0 radical (unpaired) electrons. The van der Waals surface area contributed by atoms with Crippen LogP contribution >= 0.6 is 23.6 Å². The molecule has 200 valence electrons. The number of hydrogen-bond acceptors (Lipinski definition) is 6. The Bertz CT molecular complexity index is 1710. The summed E-state index contributed by atoms with van der Waals surface area (Å²) in [6.45, 7) is 1.95. The Labute approximate surface area is 239 Å². The Balaban J connectivity index is 1.24. The molecule has 5 rings (SSSR count). The summed E-state index contributed by atoms with van der Waals surface area (Å²) in [7, 11) is 0. The smallest absolute Gasteiger partial charge is 0.256 e. The van der Waals surface area contributed by atoms with Gasteiger partial charge in [0.25, 0.3) is 5.91 Å². The van der Waals surface area contributed by atoms with Crippen LogP contribution in [0.2, 0.25) is 0 Å². The minimum absolute atomic E-state index is 0.00396. The number of anilines is 2. The SMILES string of the molecule is Cc1ccc(C(=O)Nc2cc3nccc(Oc4ccc(NC(=S)NC(=O)Cc5ccccc5)cc4F)c3s2)cc1. The van der Waals surface area contributed by atoms with E-state index in [1.165, 1.54) is 23.5 Å². The van der Waals surface area contributed by atoms with Crippen LogP contribution in [0.1, 0.15) is 21.5 Å². The first-order valence-corrected chi connectivity index (χ1v) is 13.5. The lowest BCUT2D eigenvalue weighted by Crippen LogP contribution is -2.35. The van der Waals surface area contributed by atoms with Crippen LogP contribution < -0.4 is 20.7 Å². The molecule has 2 amide bonds. The van der Waals surface area contributed by atoms with E-state index in [9.17, 15) is 14.0 Å². The monoisotopic (exact) mass is 570 g/mol. The molecule has 3 N–H and O–H groups in total. The normalized spacial score (nSPS) is 10.7. The molecule has 0 saturated heterocycles. The molecular weight excluding hydrogens is 547 g/mol. The number of carbonyl (C=O) groups is 2. The predicted octanol–water partition coefficient (Wildman–Crippen LogP) is 6.84. The molecule has 0 aliphatic heterocycles. The highest BCUT2D eigenvalue weighted by molar-refractivity contribution is 7.80. The van der Waals surface area contributed by atoms with E-state index in [2.05, 4.69) is 20.9 Å². The van der Waals surface area contributed by atoms with Crippen LogP contribution in [0.15, 0.2) is 91.1 Å². The fourth-order valence-corrected chi connectivity index (χ4v) is 5.03. The lowest BCUT2D eigenvalue weighted by Gasteiger charge is -2.12. The average molecular weight is 571 g/mol. The molecule has 0 fully saturated rings. The van der Waals surface area contributed by atoms with Crippen LogP contribution in [0.3, 0.4) is 0 Å². The molecule has 0 bridgehead atoms. The van der Waals surface area contributed by atoms with Crippen LogP contribution in [0.25, 0.3) is 10.2 Å². The summed E-state index contributed by atoms with van der Waals surface area (Å²) in [5.74, 6) is -0.753. The van der Waals surface area contributed by atoms with Gasteiger partial charge in [0.05, 0.1) is 21.6 Å². The number of aryl methyl sites for hydroxylation is 1. The zero-order valence-corrected chi connectivity index (χ0v) is 22.9. The molecule has 3 aromatic carbocycles. The molecule has 0 aliphatic rings. The number of halogens is 1. The average Bonchev–Trinajstić information content (AvgIpc) is 3.34. The summed E-state index contributed by atoms with van der Waals surface area (Å²) in [4.78, 5) is 29.2. The summed E-state index contributed by atoms with van der Waals surface area (Å²) in [6.07, 6.45) is 1.73. The fraction of sp³-hybridized carbons (Fsp3) is 0.0667. The highest BCUT2D eigenvalue weighted by Crippen LogP contribution is 2.38. The maximum atomic E-state index is 15.0. The van der Waals surface area contributed by atoms with Crippen molar-refractivity contribution >= 4 is 61.4 Å². The molecule has 0 spiro atoms. The second kappa shape index (κ2) is 12.0. The number of pyridine rings is 1.